The van der Waals surface area contributed by atoms with Crippen LogP contribution in [0.4, 0.5) is 0 Å². The summed E-state index contributed by atoms with van der Waals surface area (Å²) in [4.78, 5) is 7.12. The molecule has 1 aromatic rings. The summed E-state index contributed by atoms with van der Waals surface area (Å²) in [5, 5.41) is 14.7. The lowest BCUT2D eigenvalue weighted by Crippen LogP contribution is -2.51. The normalized spacial score (nSPS) is 33.9. The number of hydrogen-bond acceptors (Lipinski definition) is 5. The Kier molecular flexibility index (Phi) is 3.51. The number of piperidine rings is 1. The molecule has 0 spiro atoms. The van der Waals surface area contributed by atoms with Crippen LogP contribution in [0.3, 0.4) is 0 Å². The predicted octanol–water partition coefficient (Wildman–Crippen LogP) is 1.08. The van der Waals surface area contributed by atoms with Gasteiger partial charge in [-0.2, -0.15) is 0 Å². The Bertz CT molecular complexity index is 1010. The zero-order valence-corrected chi connectivity index (χ0v) is 16.5. The van der Waals surface area contributed by atoms with Crippen LogP contribution in [0.2, 0.25) is 0 Å². The maximum absolute atomic E-state index is 11.9. The van der Waals surface area contributed by atoms with E-state index < -0.39 is 5.56 Å². The van der Waals surface area contributed by atoms with Crippen LogP contribution in [0, 0.1) is 5.41 Å². The lowest BCUT2D eigenvalue weighted by atomic mass is 9.66. The molecule has 1 fully saturated rings. The highest BCUT2D eigenvalue weighted by atomic mass is 32.2. The number of nitrogens with one attached hydrogen (secondary N) is 1. The topological polar surface area (TPSA) is 55.6 Å². The minimum absolute atomic E-state index is 0.148. The number of aromatic nitrogens is 1. The van der Waals surface area contributed by atoms with Crippen molar-refractivity contribution in [3.05, 3.63) is 27.9 Å². The lowest BCUT2D eigenvalue weighted by Gasteiger charge is -2.53. The minimum Gasteiger partial charge on any atom is -0.825 e. The van der Waals surface area contributed by atoms with E-state index in [1.165, 1.54) is 54.1 Å². The van der Waals surface area contributed by atoms with E-state index in [4.69, 9.17) is 0 Å². The second kappa shape index (κ2) is 5.75. The Morgan fingerprint density at radius 1 is 1.33 bits per heavy atom. The molecule has 0 aromatic carbocycles. The van der Waals surface area contributed by atoms with E-state index in [-0.39, 0.29) is 5.41 Å². The van der Waals surface area contributed by atoms with Crippen LogP contribution in [0.5, 0.6) is 0 Å². The molecule has 1 aromatic heterocycles. The molecule has 1 aliphatic carbocycles. The number of rotatable bonds is 2. The van der Waals surface area contributed by atoms with E-state index in [9.17, 15) is 5.11 Å². The third kappa shape index (κ3) is 2.12. The van der Waals surface area contributed by atoms with Crippen molar-refractivity contribution in [2.75, 3.05) is 13.1 Å². The second-order valence-corrected chi connectivity index (χ2v) is 9.24. The number of aliphatic imine (C=N–C) groups is 1. The summed E-state index contributed by atoms with van der Waals surface area (Å²) in [7, 11) is 0. The van der Waals surface area contributed by atoms with Gasteiger partial charge in [-0.15, -0.1) is 0 Å². The van der Waals surface area contributed by atoms with Gasteiger partial charge in [-0.25, -0.2) is 0 Å². The van der Waals surface area contributed by atoms with Crippen LogP contribution in [0.25, 0.3) is 17.8 Å². The maximum atomic E-state index is 11.9. The summed E-state index contributed by atoms with van der Waals surface area (Å²) >= 11 is 1.18. The molecule has 6 heteroatoms. The summed E-state index contributed by atoms with van der Waals surface area (Å²) in [6.45, 7) is 4.71. The zero-order chi connectivity index (χ0) is 18.2. The van der Waals surface area contributed by atoms with E-state index in [2.05, 4.69) is 44.3 Å². The molecule has 3 atom stereocenters. The van der Waals surface area contributed by atoms with Gasteiger partial charge in [0.25, 0.3) is 0 Å². The lowest BCUT2D eigenvalue weighted by molar-refractivity contribution is -0.382. The number of amidine groups is 1. The molecule has 1 saturated heterocycles. The fourth-order valence-corrected chi connectivity index (χ4v) is 6.59. The molecule has 4 aliphatic heterocycles. The fraction of sp³-hybridized carbons (Fsp3) is 0.571. The van der Waals surface area contributed by atoms with Crippen molar-refractivity contribution < 1.29 is 5.11 Å². The Balaban J connectivity index is 1.70. The molecule has 1 N–H and O–H groups in total. The Morgan fingerprint density at radius 3 is 3.04 bits per heavy atom. The molecule has 142 valence electrons. The van der Waals surface area contributed by atoms with Gasteiger partial charge in [0.2, 0.25) is 0 Å². The largest absolute Gasteiger partial charge is 0.825 e. The number of fused-ring (bicyclic) bond motifs is 3. The van der Waals surface area contributed by atoms with Crippen LogP contribution in [0.1, 0.15) is 56.3 Å². The quantitative estimate of drug-likeness (QED) is 0.779. The van der Waals surface area contributed by atoms with E-state index in [1.807, 2.05) is 0 Å². The van der Waals surface area contributed by atoms with Crippen LogP contribution < -0.4 is 20.4 Å². The SMILES string of the molecule is CC[C@@]12C=C(C3=NC([O-])SN3)n3c4c(c5c3=CCCC=5)CCN(CCC1)[C@H]42. The third-order valence-corrected chi connectivity index (χ3v) is 7.83. The third-order valence-electron chi connectivity index (χ3n) is 7.21. The first kappa shape index (κ1) is 16.5. The standard InChI is InChI=1S/C21H25N4OS/c1-2-21-9-5-10-24-11-8-14-13-6-3-4-7-15(13)25(17(14)18(21)24)16(12-21)19-22-20(26)27-23-19/h6-7,12,18,20H,2-5,8-11H2,1H3,(H,22,23)/q-1/t18-,20?,21+/m1/s1. The molecule has 0 saturated carbocycles. The van der Waals surface area contributed by atoms with Crippen molar-refractivity contribution in [3.63, 3.8) is 0 Å². The van der Waals surface area contributed by atoms with Crippen LogP contribution in [-0.2, 0) is 6.42 Å². The highest BCUT2D eigenvalue weighted by molar-refractivity contribution is 7.98. The molecule has 5 nitrogen and oxygen atoms in total. The first-order valence-corrected chi connectivity index (χ1v) is 11.2. The summed E-state index contributed by atoms with van der Waals surface area (Å²) in [5.41, 5.74) is 3.35. The van der Waals surface area contributed by atoms with E-state index >= 15 is 0 Å². The Morgan fingerprint density at radius 2 is 2.22 bits per heavy atom. The van der Waals surface area contributed by atoms with Gasteiger partial charge < -0.3 is 14.4 Å². The summed E-state index contributed by atoms with van der Waals surface area (Å²) in [6.07, 6.45) is 14.3. The zero-order valence-electron chi connectivity index (χ0n) is 15.7. The van der Waals surface area contributed by atoms with Crippen molar-refractivity contribution in [1.29, 1.82) is 0 Å². The van der Waals surface area contributed by atoms with Gasteiger partial charge in [-0.1, -0.05) is 19.1 Å². The van der Waals surface area contributed by atoms with Gasteiger partial charge in [-0.3, -0.25) is 9.89 Å². The predicted molar refractivity (Wildman–Crippen MR) is 108 cm³/mol. The van der Waals surface area contributed by atoms with Crippen LogP contribution >= 0.6 is 11.9 Å². The molecule has 6 rings (SSSR count). The van der Waals surface area contributed by atoms with Crippen molar-refractivity contribution in [1.82, 2.24) is 14.2 Å². The van der Waals surface area contributed by atoms with Gasteiger partial charge in [0, 0.05) is 28.6 Å². The summed E-state index contributed by atoms with van der Waals surface area (Å²) in [5.74, 6) is 0.772. The van der Waals surface area contributed by atoms with Crippen LogP contribution in [-0.4, -0.2) is 34.0 Å². The van der Waals surface area contributed by atoms with Crippen molar-refractivity contribution in [2.24, 2.45) is 10.4 Å². The van der Waals surface area contributed by atoms with Gasteiger partial charge in [0.1, 0.15) is 0 Å². The van der Waals surface area contributed by atoms with Crippen molar-refractivity contribution >= 4 is 35.6 Å². The van der Waals surface area contributed by atoms with Gasteiger partial charge in [0.05, 0.1) is 11.7 Å². The number of nitrogens with zero attached hydrogens (tertiary/aromatic N) is 3. The monoisotopic (exact) mass is 381 g/mol. The van der Waals surface area contributed by atoms with E-state index in [0.29, 0.717) is 6.04 Å². The fourth-order valence-electron chi connectivity index (χ4n) is 6.06. The molecular formula is C21H25N4OS-. The summed E-state index contributed by atoms with van der Waals surface area (Å²) < 4.78 is 5.69. The van der Waals surface area contributed by atoms with Crippen molar-refractivity contribution in [3.8, 4) is 0 Å². The maximum Gasteiger partial charge on any atom is 0.155 e. The first-order valence-electron chi connectivity index (χ1n) is 10.3. The molecule has 5 aliphatic rings. The van der Waals surface area contributed by atoms with Gasteiger partial charge in [0.15, 0.2) is 5.84 Å². The number of hydrogen-bond donors (Lipinski definition) is 1. The second-order valence-electron chi connectivity index (χ2n) is 8.40. The first-order chi connectivity index (χ1) is 13.2. The summed E-state index contributed by atoms with van der Waals surface area (Å²) in [6, 6.07) is 0.467. The Hall–Kier alpha value is -1.50. The highest BCUT2D eigenvalue weighted by Crippen LogP contribution is 2.54. The smallest absolute Gasteiger partial charge is 0.155 e. The minimum atomic E-state index is -0.961. The average molecular weight is 382 g/mol. The molecule has 0 amide bonds. The molecule has 27 heavy (non-hydrogen) atoms. The average Bonchev–Trinajstić information content (AvgIpc) is 3.28. The van der Waals surface area contributed by atoms with E-state index in [0.717, 1.165) is 37.2 Å². The van der Waals surface area contributed by atoms with Crippen molar-refractivity contribution in [2.45, 2.75) is 57.1 Å². The highest BCUT2D eigenvalue weighted by Gasteiger charge is 2.50. The van der Waals surface area contributed by atoms with Crippen LogP contribution in [0.15, 0.2) is 11.1 Å². The molecule has 0 bridgehead atoms. The molecule has 1 unspecified atom stereocenters. The molecular weight excluding hydrogens is 356 g/mol. The van der Waals surface area contributed by atoms with Gasteiger partial charge in [-0.05, 0) is 73.9 Å². The van der Waals surface area contributed by atoms with Gasteiger partial charge >= 0.3 is 0 Å². The Labute approximate surface area is 163 Å². The molecule has 5 heterocycles. The molecule has 0 radical (unpaired) electrons. The van der Waals surface area contributed by atoms with E-state index in [1.54, 1.807) is 5.56 Å².